The average molecular weight is 527 g/mol. The highest BCUT2D eigenvalue weighted by atomic mass is 127. The fourth-order valence-corrected chi connectivity index (χ4v) is 3.40. The molecule has 0 atom stereocenters. The Morgan fingerprint density at radius 3 is 2.45 bits per heavy atom. The first-order valence-corrected chi connectivity index (χ1v) is 10.0. The molecule has 0 unspecified atom stereocenters. The number of aliphatic imine (C=N–C) groups is 1. The third kappa shape index (κ3) is 6.34. The molecule has 0 saturated heterocycles. The van der Waals surface area contributed by atoms with Crippen LogP contribution in [0, 0.1) is 0 Å². The van der Waals surface area contributed by atoms with Gasteiger partial charge >= 0.3 is 0 Å². The summed E-state index contributed by atoms with van der Waals surface area (Å²) in [5, 5.41) is 10.2. The average Bonchev–Trinajstić information content (AvgIpc) is 3.51. The number of hydrogen-bond donors (Lipinski definition) is 3. The van der Waals surface area contributed by atoms with Crippen LogP contribution in [0.2, 0.25) is 5.02 Å². The van der Waals surface area contributed by atoms with E-state index in [0.717, 1.165) is 42.5 Å². The van der Waals surface area contributed by atoms with Crippen molar-refractivity contribution in [3.8, 4) is 0 Å². The van der Waals surface area contributed by atoms with E-state index in [4.69, 9.17) is 11.6 Å². The van der Waals surface area contributed by atoms with Gasteiger partial charge in [0.25, 0.3) is 5.91 Å². The quantitative estimate of drug-likeness (QED) is 0.289. The van der Waals surface area contributed by atoms with Crippen LogP contribution in [-0.4, -0.2) is 32.0 Å². The molecular formula is C22H28ClIN4O. The maximum atomic E-state index is 11.6. The van der Waals surface area contributed by atoms with Gasteiger partial charge in [-0.3, -0.25) is 4.79 Å². The highest BCUT2D eigenvalue weighted by Gasteiger charge is 2.44. The maximum Gasteiger partial charge on any atom is 0.251 e. The fourth-order valence-electron chi connectivity index (χ4n) is 3.21. The summed E-state index contributed by atoms with van der Waals surface area (Å²) in [6.45, 7) is 4.23. The third-order valence-electron chi connectivity index (χ3n) is 5.09. The molecule has 0 bridgehead atoms. The Labute approximate surface area is 194 Å². The van der Waals surface area contributed by atoms with E-state index in [1.54, 1.807) is 7.05 Å². The Bertz CT molecular complexity index is 850. The Morgan fingerprint density at radius 1 is 1.14 bits per heavy atom. The van der Waals surface area contributed by atoms with E-state index in [0.29, 0.717) is 12.1 Å². The van der Waals surface area contributed by atoms with E-state index in [-0.39, 0.29) is 35.3 Å². The van der Waals surface area contributed by atoms with Crippen LogP contribution in [0.3, 0.4) is 0 Å². The predicted octanol–water partition coefficient (Wildman–Crippen LogP) is 4.10. The molecular weight excluding hydrogens is 499 g/mol. The van der Waals surface area contributed by atoms with Crippen molar-refractivity contribution in [3.63, 3.8) is 0 Å². The minimum absolute atomic E-state index is 0. The van der Waals surface area contributed by atoms with Crippen LogP contribution >= 0.6 is 35.6 Å². The van der Waals surface area contributed by atoms with Crippen molar-refractivity contribution < 1.29 is 4.79 Å². The molecule has 3 N–H and O–H groups in total. The molecule has 1 aliphatic rings. The van der Waals surface area contributed by atoms with Crippen LogP contribution in [0.5, 0.6) is 0 Å². The highest BCUT2D eigenvalue weighted by Crippen LogP contribution is 2.48. The molecule has 1 aliphatic carbocycles. The van der Waals surface area contributed by atoms with E-state index in [1.165, 1.54) is 5.56 Å². The van der Waals surface area contributed by atoms with Crippen LogP contribution in [0.25, 0.3) is 0 Å². The summed E-state index contributed by atoms with van der Waals surface area (Å²) in [4.78, 5) is 16.3. The minimum Gasteiger partial charge on any atom is -0.357 e. The van der Waals surface area contributed by atoms with Gasteiger partial charge in [0, 0.05) is 36.1 Å². The van der Waals surface area contributed by atoms with Crippen molar-refractivity contribution in [2.24, 2.45) is 4.99 Å². The molecule has 0 spiro atoms. The van der Waals surface area contributed by atoms with Crippen molar-refractivity contribution in [1.29, 1.82) is 0 Å². The minimum atomic E-state index is -0.0826. The van der Waals surface area contributed by atoms with E-state index in [2.05, 4.69) is 40.0 Å². The Hall–Kier alpha value is -1.80. The second-order valence-corrected chi connectivity index (χ2v) is 7.55. The molecule has 2 aromatic rings. The van der Waals surface area contributed by atoms with Crippen molar-refractivity contribution >= 4 is 47.4 Å². The molecule has 5 nitrogen and oxygen atoms in total. The lowest BCUT2D eigenvalue weighted by Crippen LogP contribution is -2.41. The first-order chi connectivity index (χ1) is 13.6. The van der Waals surface area contributed by atoms with E-state index >= 15 is 0 Å². The van der Waals surface area contributed by atoms with Gasteiger partial charge in [-0.1, -0.05) is 35.9 Å². The van der Waals surface area contributed by atoms with Gasteiger partial charge in [-0.2, -0.15) is 0 Å². The first-order valence-electron chi connectivity index (χ1n) is 9.65. The fraction of sp³-hybridized carbons (Fsp3) is 0.364. The van der Waals surface area contributed by atoms with E-state index in [1.807, 2.05) is 36.4 Å². The van der Waals surface area contributed by atoms with Crippen molar-refractivity contribution in [1.82, 2.24) is 16.0 Å². The maximum absolute atomic E-state index is 11.6. The number of carbonyl (C=O) groups is 1. The van der Waals surface area contributed by atoms with Gasteiger partial charge in [0.05, 0.1) is 6.54 Å². The second kappa shape index (κ2) is 10.8. The molecule has 0 radical (unpaired) electrons. The lowest BCUT2D eigenvalue weighted by Gasteiger charge is -2.19. The van der Waals surface area contributed by atoms with Crippen LogP contribution in [0.4, 0.5) is 0 Å². The zero-order valence-electron chi connectivity index (χ0n) is 16.8. The number of nitrogens with one attached hydrogen (secondary N) is 3. The standard InChI is InChI=1S/C22H27ClN4O.HI/c1-3-25-21(26-14-16-7-9-17(10-8-16)20(28)24-2)27-15-22(11-12-22)18-5-4-6-19(23)13-18;/h4-10,13H,3,11-12,14-15H2,1-2H3,(H,24,28)(H2,25,26,27);1H. The SMILES string of the molecule is CCNC(=NCc1ccc(C(=O)NC)cc1)NCC1(c2cccc(Cl)c2)CC1.I. The molecule has 0 aromatic heterocycles. The first kappa shape index (κ1) is 23.5. The van der Waals surface area contributed by atoms with Crippen molar-refractivity contribution in [3.05, 3.63) is 70.2 Å². The summed E-state index contributed by atoms with van der Waals surface area (Å²) in [6, 6.07) is 15.7. The number of rotatable bonds is 7. The van der Waals surface area contributed by atoms with Crippen LogP contribution in [0.15, 0.2) is 53.5 Å². The zero-order chi connectivity index (χ0) is 20.0. The summed E-state index contributed by atoms with van der Waals surface area (Å²) in [5.74, 6) is 0.715. The van der Waals surface area contributed by atoms with Gasteiger partial charge in [0.1, 0.15) is 0 Å². The predicted molar refractivity (Wildman–Crippen MR) is 130 cm³/mol. The largest absolute Gasteiger partial charge is 0.357 e. The number of hydrogen-bond acceptors (Lipinski definition) is 2. The molecule has 0 aliphatic heterocycles. The molecule has 156 valence electrons. The Balaban J connectivity index is 0.00000300. The second-order valence-electron chi connectivity index (χ2n) is 7.12. The molecule has 29 heavy (non-hydrogen) atoms. The summed E-state index contributed by atoms with van der Waals surface area (Å²) in [7, 11) is 1.63. The molecule has 7 heteroatoms. The van der Waals surface area contributed by atoms with Gasteiger partial charge in [0.2, 0.25) is 0 Å². The summed E-state index contributed by atoms with van der Waals surface area (Å²) < 4.78 is 0. The monoisotopic (exact) mass is 526 g/mol. The van der Waals surface area contributed by atoms with Gasteiger partial charge in [-0.25, -0.2) is 4.99 Å². The van der Waals surface area contributed by atoms with Gasteiger partial charge in [0.15, 0.2) is 5.96 Å². The van der Waals surface area contributed by atoms with Crippen LogP contribution in [0.1, 0.15) is 41.3 Å². The van der Waals surface area contributed by atoms with E-state index in [9.17, 15) is 4.79 Å². The summed E-state index contributed by atoms with van der Waals surface area (Å²) >= 11 is 6.17. The molecule has 0 heterocycles. The number of halogens is 2. The number of amides is 1. The topological polar surface area (TPSA) is 65.5 Å². The molecule has 3 rings (SSSR count). The van der Waals surface area contributed by atoms with Gasteiger partial charge < -0.3 is 16.0 Å². The summed E-state index contributed by atoms with van der Waals surface area (Å²) in [5.41, 5.74) is 3.14. The lowest BCUT2D eigenvalue weighted by atomic mass is 9.96. The number of carbonyl (C=O) groups excluding carboxylic acids is 1. The zero-order valence-corrected chi connectivity index (χ0v) is 19.9. The Kier molecular flexibility index (Phi) is 8.77. The smallest absolute Gasteiger partial charge is 0.251 e. The molecule has 1 amide bonds. The van der Waals surface area contributed by atoms with E-state index < -0.39 is 0 Å². The number of nitrogens with zero attached hydrogens (tertiary/aromatic N) is 1. The molecule has 1 fully saturated rings. The van der Waals surface area contributed by atoms with Gasteiger partial charge in [-0.05, 0) is 55.2 Å². The summed E-state index contributed by atoms with van der Waals surface area (Å²) in [6.07, 6.45) is 2.31. The van der Waals surface area contributed by atoms with Crippen molar-refractivity contribution in [2.45, 2.75) is 31.7 Å². The number of guanidine groups is 1. The molecule has 2 aromatic carbocycles. The normalized spacial score (nSPS) is 14.5. The van der Waals surface area contributed by atoms with Crippen LogP contribution < -0.4 is 16.0 Å². The van der Waals surface area contributed by atoms with Crippen molar-refractivity contribution in [2.75, 3.05) is 20.1 Å². The highest BCUT2D eigenvalue weighted by molar-refractivity contribution is 14.0. The van der Waals surface area contributed by atoms with Crippen LogP contribution in [-0.2, 0) is 12.0 Å². The molecule has 1 saturated carbocycles. The Morgan fingerprint density at radius 2 is 1.86 bits per heavy atom. The third-order valence-corrected chi connectivity index (χ3v) is 5.33. The number of benzene rings is 2. The van der Waals surface area contributed by atoms with Gasteiger partial charge in [-0.15, -0.1) is 24.0 Å². The lowest BCUT2D eigenvalue weighted by molar-refractivity contribution is 0.0963.